The number of ether oxygens (including phenoxy) is 2. The van der Waals surface area contributed by atoms with E-state index < -0.39 is 57.2 Å². The Labute approximate surface area is 329 Å². The number of carbonyl (C=O) groups is 2. The third kappa shape index (κ3) is 11.3. The van der Waals surface area contributed by atoms with Crippen LogP contribution in [0.25, 0.3) is 16.8 Å². The first kappa shape index (κ1) is 43.7. The van der Waals surface area contributed by atoms with Crippen LogP contribution in [0.3, 0.4) is 0 Å². The number of anilines is 2. The Hall–Kier alpha value is -5.07. The summed E-state index contributed by atoms with van der Waals surface area (Å²) in [7, 11) is -6.46. The van der Waals surface area contributed by atoms with Crippen LogP contribution in [0.2, 0.25) is 18.1 Å². The summed E-state index contributed by atoms with van der Waals surface area (Å²) >= 11 is 0. The van der Waals surface area contributed by atoms with Gasteiger partial charge in [-0.15, -0.1) is 18.1 Å². The van der Waals surface area contributed by atoms with Crippen LogP contribution < -0.4 is 9.62 Å². The van der Waals surface area contributed by atoms with Gasteiger partial charge in [0, 0.05) is 49.8 Å². The topological polar surface area (TPSA) is 188 Å². The van der Waals surface area contributed by atoms with Crippen molar-refractivity contribution >= 4 is 53.4 Å². The van der Waals surface area contributed by atoms with Crippen LogP contribution in [0.4, 0.5) is 26.8 Å². The van der Waals surface area contributed by atoms with Crippen LogP contribution in [-0.4, -0.2) is 90.8 Å². The maximum Gasteiger partial charge on any atom is 0.416 e. The lowest BCUT2D eigenvalue weighted by atomic mass is 10.1. The predicted octanol–water partition coefficient (Wildman–Crippen LogP) is 8.11. The Balaban J connectivity index is 1.67. The molecule has 0 atom stereocenters. The van der Waals surface area contributed by atoms with E-state index in [2.05, 4.69) is 43.7 Å². The number of para-hydroxylation sites is 1. The molecule has 56 heavy (non-hydrogen) atoms. The van der Waals surface area contributed by atoms with E-state index in [0.717, 1.165) is 12.1 Å². The summed E-state index contributed by atoms with van der Waals surface area (Å²) in [6.45, 7) is 21.8. The zero-order valence-electron chi connectivity index (χ0n) is 33.9. The van der Waals surface area contributed by atoms with Gasteiger partial charge >= 0.3 is 12.2 Å². The normalized spacial score (nSPS) is 12.6. The average molecular weight is 812 g/mol. The number of sulfonamides is 1. The lowest BCUT2D eigenvalue weighted by molar-refractivity contribution is -0.387. The molecule has 1 N–H and O–H groups in total. The molecule has 0 unspecified atom stereocenters. The number of amides is 2. The number of nitro groups is 1. The fraction of sp³-hybridized carbons (Fsp3) is 0.474. The third-order valence-electron chi connectivity index (χ3n) is 8.90. The molecule has 18 heteroatoms. The van der Waals surface area contributed by atoms with Crippen molar-refractivity contribution in [3.05, 3.63) is 77.1 Å². The highest BCUT2D eigenvalue weighted by molar-refractivity contribution is 7.92. The molecule has 4 aromatic rings. The van der Waals surface area contributed by atoms with E-state index in [1.807, 2.05) is 0 Å². The van der Waals surface area contributed by atoms with E-state index in [1.165, 1.54) is 32.5 Å². The van der Waals surface area contributed by atoms with Crippen LogP contribution in [0.1, 0.15) is 62.3 Å². The first-order valence-electron chi connectivity index (χ1n) is 18.1. The second kappa shape index (κ2) is 16.6. The van der Waals surface area contributed by atoms with Crippen molar-refractivity contribution in [3.63, 3.8) is 0 Å². The van der Waals surface area contributed by atoms with Crippen molar-refractivity contribution in [2.45, 2.75) is 96.5 Å². The third-order valence-corrected chi connectivity index (χ3v) is 14.9. The summed E-state index contributed by atoms with van der Waals surface area (Å²) in [6, 6.07) is 13.1. The van der Waals surface area contributed by atoms with Crippen molar-refractivity contribution < 1.29 is 36.8 Å². The van der Waals surface area contributed by atoms with Crippen LogP contribution in [0, 0.1) is 10.1 Å². The molecule has 0 spiro atoms. The van der Waals surface area contributed by atoms with Crippen LogP contribution in [0.5, 0.6) is 0 Å². The van der Waals surface area contributed by atoms with Gasteiger partial charge in [0.1, 0.15) is 17.0 Å². The van der Waals surface area contributed by atoms with Gasteiger partial charge in [0.15, 0.2) is 10.5 Å². The summed E-state index contributed by atoms with van der Waals surface area (Å²) < 4.78 is 48.3. The van der Waals surface area contributed by atoms with Gasteiger partial charge in [0.05, 0.1) is 11.1 Å². The fourth-order valence-electron chi connectivity index (χ4n) is 5.09. The summed E-state index contributed by atoms with van der Waals surface area (Å²) in [4.78, 5) is 45.2. The molecule has 0 radical (unpaired) electrons. The standard InChI is InChI=1S/C38H53N7O9SSi/c1-36(2,3)53-34(46)42(23-24-52-56(10,11)38(7,8)9)21-22-43(35(47)54-37(4,5)6)32-19-20-44-33(40-32)29(26-39-44)27-15-14-16-28(25-27)41-55(50,51)31-18-13-12-17-30(31)45(48)49/h12-20,25-26,41H,21-24H2,1-11H3/q-1. The molecular formula is C38H53N7O9SSi-. The molecule has 0 fully saturated rings. The highest BCUT2D eigenvalue weighted by Gasteiger charge is 2.30. The first-order chi connectivity index (χ1) is 25.8. The second-order valence-electron chi connectivity index (χ2n) is 16.7. The van der Waals surface area contributed by atoms with Gasteiger partial charge in [-0.25, -0.2) is 27.5 Å². The predicted molar refractivity (Wildman–Crippen MR) is 217 cm³/mol. The van der Waals surface area contributed by atoms with Gasteiger partial charge in [0.2, 0.25) is 0 Å². The number of hydrogen-bond acceptors (Lipinski definition) is 11. The molecule has 2 amide bonds. The van der Waals surface area contributed by atoms with Gasteiger partial charge in [-0.1, -0.05) is 45.0 Å². The first-order valence-corrected chi connectivity index (χ1v) is 22.5. The smallest absolute Gasteiger partial charge is 0.416 e. The number of benzene rings is 2. The minimum atomic E-state index is -4.34. The highest BCUT2D eigenvalue weighted by Crippen LogP contribution is 2.36. The SMILES string of the molecule is CC(C)(C)OC(=O)N(CCO[Si-](C)(C)C(C)(C)C)CCN(C(=O)OC(C)(C)C)c1ccn2ncc(-c3cccc(NS(=O)(=O)c4ccccc4[N+](=O)[O-])c3)c2n1. The van der Waals surface area contributed by atoms with Crippen LogP contribution in [0.15, 0.2) is 71.9 Å². The molecule has 2 heterocycles. The maximum atomic E-state index is 13.8. The van der Waals surface area contributed by atoms with Crippen molar-refractivity contribution in [2.24, 2.45) is 0 Å². The minimum absolute atomic E-state index is 0.0101. The van der Waals surface area contributed by atoms with E-state index in [0.29, 0.717) is 16.8 Å². The molecule has 305 valence electrons. The Morgan fingerprint density at radius 1 is 0.893 bits per heavy atom. The Morgan fingerprint density at radius 3 is 2.16 bits per heavy atom. The number of rotatable bonds is 13. The average Bonchev–Trinajstić information content (AvgIpc) is 3.49. The van der Waals surface area contributed by atoms with Crippen LogP contribution in [-0.2, 0) is 23.9 Å². The van der Waals surface area contributed by atoms with E-state index in [-0.39, 0.29) is 42.8 Å². The number of hydrogen-bond donors (Lipinski definition) is 1. The Kier molecular flexibility index (Phi) is 12.9. The summed E-state index contributed by atoms with van der Waals surface area (Å²) in [5.74, 6) is 0.211. The van der Waals surface area contributed by atoms with E-state index in [9.17, 15) is 28.1 Å². The van der Waals surface area contributed by atoms with Crippen molar-refractivity contribution in [1.82, 2.24) is 19.5 Å². The largest absolute Gasteiger partial charge is 0.563 e. The molecule has 0 aliphatic rings. The van der Waals surface area contributed by atoms with E-state index in [1.54, 1.807) is 78.2 Å². The second-order valence-corrected chi connectivity index (χ2v) is 23.2. The number of aromatic nitrogens is 3. The van der Waals surface area contributed by atoms with Crippen LogP contribution >= 0.6 is 0 Å². The number of fused-ring (bicyclic) bond motifs is 1. The molecule has 0 saturated heterocycles. The maximum absolute atomic E-state index is 13.8. The monoisotopic (exact) mass is 811 g/mol. The Bertz CT molecular complexity index is 2170. The molecular weight excluding hydrogens is 759 g/mol. The lowest BCUT2D eigenvalue weighted by Gasteiger charge is -2.48. The summed E-state index contributed by atoms with van der Waals surface area (Å²) in [5, 5.41) is 15.9. The van der Waals surface area contributed by atoms with Crippen molar-refractivity contribution in [3.8, 4) is 11.1 Å². The molecule has 4 rings (SSSR count). The van der Waals surface area contributed by atoms with Gasteiger partial charge in [-0.3, -0.25) is 19.7 Å². The Morgan fingerprint density at radius 2 is 1.54 bits per heavy atom. The quantitative estimate of drug-likeness (QED) is 0.0781. The highest BCUT2D eigenvalue weighted by atomic mass is 32.2. The van der Waals surface area contributed by atoms with E-state index >= 15 is 0 Å². The molecule has 0 saturated carbocycles. The van der Waals surface area contributed by atoms with Crippen molar-refractivity contribution in [2.75, 3.05) is 35.9 Å². The number of nitro benzene ring substituents is 1. The molecule has 2 aromatic carbocycles. The number of nitrogens with zero attached hydrogens (tertiary/aromatic N) is 6. The molecule has 2 aromatic heterocycles. The van der Waals surface area contributed by atoms with Gasteiger partial charge < -0.3 is 18.8 Å². The van der Waals surface area contributed by atoms with Gasteiger partial charge in [-0.2, -0.15) is 5.10 Å². The summed E-state index contributed by atoms with van der Waals surface area (Å²) in [5.41, 5.74) is -0.666. The minimum Gasteiger partial charge on any atom is -0.563 e. The fourth-order valence-corrected chi connectivity index (χ4v) is 7.35. The molecule has 0 aliphatic heterocycles. The number of carbonyl (C=O) groups excluding carboxylic acids is 2. The molecule has 0 aliphatic carbocycles. The molecule has 16 nitrogen and oxygen atoms in total. The van der Waals surface area contributed by atoms with E-state index in [4.69, 9.17) is 18.9 Å². The molecule has 0 bridgehead atoms. The zero-order chi connectivity index (χ0) is 41.9. The van der Waals surface area contributed by atoms with Gasteiger partial charge in [0.25, 0.3) is 15.7 Å². The lowest BCUT2D eigenvalue weighted by Crippen LogP contribution is -2.47. The van der Waals surface area contributed by atoms with Crippen molar-refractivity contribution in [1.29, 1.82) is 0 Å². The zero-order valence-corrected chi connectivity index (χ0v) is 35.8. The number of nitrogens with one attached hydrogen (secondary N) is 1. The summed E-state index contributed by atoms with van der Waals surface area (Å²) in [6.07, 6.45) is 1.92. The van der Waals surface area contributed by atoms with Gasteiger partial charge in [-0.05, 0) is 79.7 Å².